The average Bonchev–Trinajstić information content (AvgIpc) is 3.08. The van der Waals surface area contributed by atoms with Crippen molar-refractivity contribution < 1.29 is 27.5 Å². The second-order valence-corrected chi connectivity index (χ2v) is 8.06. The summed E-state index contributed by atoms with van der Waals surface area (Å²) in [5.74, 6) is -4.58. The molecule has 0 fully saturated rings. The van der Waals surface area contributed by atoms with Crippen LogP contribution >= 0.6 is 11.5 Å². The van der Waals surface area contributed by atoms with Gasteiger partial charge in [0.25, 0.3) is 5.91 Å². The van der Waals surface area contributed by atoms with Crippen LogP contribution in [0.3, 0.4) is 0 Å². The molecule has 12 heteroatoms. The largest absolute Gasteiger partial charge is 0.471 e. The monoisotopic (exact) mass is 473 g/mol. The molecule has 3 amide bonds. The fraction of sp³-hybridized carbons (Fsp3) is 0.450. The van der Waals surface area contributed by atoms with Crippen molar-refractivity contribution >= 4 is 28.5 Å². The summed E-state index contributed by atoms with van der Waals surface area (Å²) in [6.07, 6.45) is 3.90. The van der Waals surface area contributed by atoms with Gasteiger partial charge in [-0.05, 0) is 45.0 Å². The minimum Gasteiger partial charge on any atom is -0.471 e. The molecule has 176 valence electrons. The van der Waals surface area contributed by atoms with E-state index in [4.69, 9.17) is 10.5 Å². The lowest BCUT2D eigenvalue weighted by Gasteiger charge is -2.09. The SMILES string of the molecule is CN(C)CCCCCCNC(=O)Nc1snc(OCc2c(F)cc(F)cc2F)c1C(N)=O. The van der Waals surface area contributed by atoms with E-state index in [1.165, 1.54) is 0 Å². The van der Waals surface area contributed by atoms with Gasteiger partial charge in [-0.15, -0.1) is 0 Å². The molecule has 2 rings (SSSR count). The summed E-state index contributed by atoms with van der Waals surface area (Å²) in [7, 11) is 4.03. The number of ether oxygens (including phenoxy) is 1. The van der Waals surface area contributed by atoms with E-state index in [9.17, 15) is 22.8 Å². The summed E-state index contributed by atoms with van der Waals surface area (Å²) in [6.45, 7) is 0.812. The van der Waals surface area contributed by atoms with Crippen LogP contribution in [0.2, 0.25) is 0 Å². The molecule has 0 bridgehead atoms. The summed E-state index contributed by atoms with van der Waals surface area (Å²) >= 11 is 0.732. The smallest absolute Gasteiger partial charge is 0.319 e. The maximum absolute atomic E-state index is 13.8. The first-order chi connectivity index (χ1) is 15.2. The van der Waals surface area contributed by atoms with Gasteiger partial charge in [-0.1, -0.05) is 12.8 Å². The topological polar surface area (TPSA) is 110 Å². The number of nitrogens with zero attached hydrogens (tertiary/aromatic N) is 2. The van der Waals surface area contributed by atoms with E-state index in [0.717, 1.165) is 43.8 Å². The van der Waals surface area contributed by atoms with Crippen LogP contribution in [0.5, 0.6) is 5.88 Å². The number of hydrogen-bond donors (Lipinski definition) is 3. The number of nitrogens with one attached hydrogen (secondary N) is 2. The number of carbonyl (C=O) groups is 2. The van der Waals surface area contributed by atoms with Crippen LogP contribution in [0.4, 0.5) is 23.0 Å². The first-order valence-electron chi connectivity index (χ1n) is 9.94. The predicted molar refractivity (Wildman–Crippen MR) is 115 cm³/mol. The number of nitrogens with two attached hydrogens (primary N) is 1. The first kappa shape index (κ1) is 25.4. The van der Waals surface area contributed by atoms with Crippen molar-refractivity contribution in [2.45, 2.75) is 32.3 Å². The molecule has 0 aliphatic rings. The number of urea groups is 1. The standard InChI is InChI=1S/C20H26F3N5O3S/c1-28(2)8-6-4-3-5-7-25-20(30)26-19-16(17(24)29)18(27-32-19)31-11-13-14(22)9-12(21)10-15(13)23/h9-10H,3-8,11H2,1-2H3,(H2,24,29)(H2,25,26,30). The van der Waals surface area contributed by atoms with E-state index in [0.29, 0.717) is 18.7 Å². The van der Waals surface area contributed by atoms with E-state index in [-0.39, 0.29) is 16.4 Å². The Morgan fingerprint density at radius 3 is 2.41 bits per heavy atom. The van der Waals surface area contributed by atoms with Crippen LogP contribution in [-0.2, 0) is 6.61 Å². The molecule has 0 aliphatic heterocycles. The highest BCUT2D eigenvalue weighted by Crippen LogP contribution is 2.31. The van der Waals surface area contributed by atoms with E-state index in [2.05, 4.69) is 19.9 Å². The summed E-state index contributed by atoms with van der Waals surface area (Å²) in [6, 6.07) is 0.473. The zero-order valence-corrected chi connectivity index (χ0v) is 18.7. The Balaban J connectivity index is 1.90. The van der Waals surface area contributed by atoms with Crippen molar-refractivity contribution in [1.29, 1.82) is 0 Å². The molecule has 2 aromatic rings. The Morgan fingerprint density at radius 2 is 1.78 bits per heavy atom. The lowest BCUT2D eigenvalue weighted by Crippen LogP contribution is -2.30. The van der Waals surface area contributed by atoms with Gasteiger partial charge in [-0.3, -0.25) is 10.1 Å². The van der Waals surface area contributed by atoms with Crippen LogP contribution in [0.15, 0.2) is 12.1 Å². The molecule has 0 unspecified atom stereocenters. The molecule has 0 spiro atoms. The molecule has 0 aliphatic carbocycles. The Bertz CT molecular complexity index is 916. The fourth-order valence-electron chi connectivity index (χ4n) is 2.78. The number of amides is 3. The van der Waals surface area contributed by atoms with Crippen LogP contribution in [0.25, 0.3) is 0 Å². The summed E-state index contributed by atoms with van der Waals surface area (Å²) < 4.78 is 49.7. The van der Waals surface area contributed by atoms with Gasteiger partial charge >= 0.3 is 6.03 Å². The minimum absolute atomic E-state index is 0.0380. The third-order valence-corrected chi connectivity index (χ3v) is 5.16. The number of anilines is 1. The van der Waals surface area contributed by atoms with E-state index < -0.39 is 41.6 Å². The molecule has 0 radical (unpaired) electrons. The number of aromatic nitrogens is 1. The molecule has 0 saturated heterocycles. The summed E-state index contributed by atoms with van der Waals surface area (Å²) in [5, 5.41) is 5.19. The molecular weight excluding hydrogens is 447 g/mol. The molecular formula is C20H26F3N5O3S. The zero-order chi connectivity index (χ0) is 23.7. The summed E-state index contributed by atoms with van der Waals surface area (Å²) in [4.78, 5) is 26.0. The number of primary amides is 1. The molecule has 4 N–H and O–H groups in total. The fourth-order valence-corrected chi connectivity index (χ4v) is 3.52. The van der Waals surface area contributed by atoms with Gasteiger partial charge in [-0.2, -0.15) is 4.37 Å². The second kappa shape index (κ2) is 12.2. The van der Waals surface area contributed by atoms with Gasteiger partial charge < -0.3 is 20.7 Å². The quantitative estimate of drug-likeness (QED) is 0.409. The van der Waals surface area contributed by atoms with Crippen molar-refractivity contribution in [2.75, 3.05) is 32.5 Å². The minimum atomic E-state index is -1.14. The summed E-state index contributed by atoms with van der Waals surface area (Å²) in [5.41, 5.74) is 4.59. The Labute approximate surface area is 188 Å². The second-order valence-electron chi connectivity index (χ2n) is 7.29. The van der Waals surface area contributed by atoms with E-state index in [1.807, 2.05) is 14.1 Å². The van der Waals surface area contributed by atoms with Crippen LogP contribution in [-0.4, -0.2) is 48.4 Å². The van der Waals surface area contributed by atoms with Gasteiger partial charge in [0.2, 0.25) is 5.88 Å². The Hall–Kier alpha value is -2.86. The van der Waals surface area contributed by atoms with Crippen molar-refractivity contribution in [3.8, 4) is 5.88 Å². The van der Waals surface area contributed by atoms with Crippen LogP contribution in [0, 0.1) is 17.5 Å². The highest BCUT2D eigenvalue weighted by atomic mass is 32.1. The molecule has 0 atom stereocenters. The number of halogens is 3. The van der Waals surface area contributed by atoms with E-state index >= 15 is 0 Å². The van der Waals surface area contributed by atoms with Crippen molar-refractivity contribution in [3.63, 3.8) is 0 Å². The van der Waals surface area contributed by atoms with Crippen LogP contribution in [0.1, 0.15) is 41.6 Å². The van der Waals surface area contributed by atoms with Gasteiger partial charge in [0.05, 0.1) is 5.56 Å². The maximum Gasteiger partial charge on any atom is 0.319 e. The lowest BCUT2D eigenvalue weighted by molar-refractivity contribution is 0.0996. The van der Waals surface area contributed by atoms with Gasteiger partial charge in [0.15, 0.2) is 0 Å². The van der Waals surface area contributed by atoms with Gasteiger partial charge in [-0.25, -0.2) is 18.0 Å². The number of benzene rings is 1. The normalized spacial score (nSPS) is 10.9. The Kier molecular flexibility index (Phi) is 9.72. The van der Waals surface area contributed by atoms with Gasteiger partial charge in [0.1, 0.15) is 34.6 Å². The zero-order valence-electron chi connectivity index (χ0n) is 17.8. The van der Waals surface area contributed by atoms with Crippen molar-refractivity contribution in [2.24, 2.45) is 5.73 Å². The number of hydrogen-bond acceptors (Lipinski definition) is 6. The van der Waals surface area contributed by atoms with Gasteiger partial charge in [0, 0.05) is 18.7 Å². The molecule has 32 heavy (non-hydrogen) atoms. The lowest BCUT2D eigenvalue weighted by atomic mass is 10.2. The van der Waals surface area contributed by atoms with Crippen molar-refractivity contribution in [1.82, 2.24) is 14.6 Å². The maximum atomic E-state index is 13.8. The molecule has 1 aromatic carbocycles. The average molecular weight is 474 g/mol. The number of unbranched alkanes of at least 4 members (excludes halogenated alkanes) is 3. The number of rotatable bonds is 12. The third-order valence-electron chi connectivity index (χ3n) is 4.41. The molecule has 1 heterocycles. The third kappa shape index (κ3) is 7.68. The van der Waals surface area contributed by atoms with E-state index in [1.54, 1.807) is 0 Å². The molecule has 0 saturated carbocycles. The Morgan fingerprint density at radius 1 is 1.12 bits per heavy atom. The first-order valence-corrected chi connectivity index (χ1v) is 10.7. The van der Waals surface area contributed by atoms with Crippen LogP contribution < -0.4 is 21.1 Å². The highest BCUT2D eigenvalue weighted by molar-refractivity contribution is 7.11. The van der Waals surface area contributed by atoms with Crippen molar-refractivity contribution in [3.05, 3.63) is 40.7 Å². The predicted octanol–water partition coefficient (Wildman–Crippen LogP) is 3.48. The number of carbonyl (C=O) groups excluding carboxylic acids is 2. The molecule has 1 aromatic heterocycles. The molecule has 8 nitrogen and oxygen atoms in total. The highest BCUT2D eigenvalue weighted by Gasteiger charge is 2.23.